The van der Waals surface area contributed by atoms with Gasteiger partial charge in [-0.3, -0.25) is 4.79 Å². The first-order valence-corrected chi connectivity index (χ1v) is 4.30. The summed E-state index contributed by atoms with van der Waals surface area (Å²) in [5, 5.41) is 0. The van der Waals surface area contributed by atoms with Gasteiger partial charge in [0.25, 0.3) is 0 Å². The molecule has 1 aliphatic heterocycles. The number of hydrogen-bond donors (Lipinski definition) is 1. The molecule has 0 aliphatic carbocycles. The molecule has 3 heteroatoms. The van der Waals surface area contributed by atoms with E-state index in [0.717, 1.165) is 18.9 Å². The minimum Gasteiger partial charge on any atom is -0.358 e. The summed E-state index contributed by atoms with van der Waals surface area (Å²) in [5.74, 6) is 0.958. The van der Waals surface area contributed by atoms with E-state index in [1.807, 2.05) is 0 Å². The van der Waals surface area contributed by atoms with E-state index in [-0.39, 0.29) is 5.43 Å². The Balaban J connectivity index is 2.27. The average molecular weight is 164 g/mol. The molecule has 1 N–H and O–H groups in total. The number of aromatic amines is 1. The van der Waals surface area contributed by atoms with Crippen molar-refractivity contribution in [1.82, 2.24) is 4.98 Å². The molecule has 2 heterocycles. The number of nitrogens with one attached hydrogen (secondary N) is 1. The fraction of sp³-hybridized carbons (Fsp3) is 0.444. The molecule has 0 atom stereocenters. The summed E-state index contributed by atoms with van der Waals surface area (Å²) in [4.78, 5) is 16.3. The second-order valence-electron chi connectivity index (χ2n) is 3.10. The third-order valence-corrected chi connectivity index (χ3v) is 2.20. The summed E-state index contributed by atoms with van der Waals surface area (Å²) in [7, 11) is 0. The minimum atomic E-state index is 0.0793. The van der Waals surface area contributed by atoms with Crippen LogP contribution in [-0.2, 0) is 0 Å². The van der Waals surface area contributed by atoms with Crippen molar-refractivity contribution in [2.45, 2.75) is 12.8 Å². The van der Waals surface area contributed by atoms with Crippen LogP contribution in [-0.4, -0.2) is 18.1 Å². The number of H-pyrrole nitrogens is 1. The van der Waals surface area contributed by atoms with Gasteiger partial charge >= 0.3 is 0 Å². The molecule has 12 heavy (non-hydrogen) atoms. The topological polar surface area (TPSA) is 36.1 Å². The van der Waals surface area contributed by atoms with Gasteiger partial charge < -0.3 is 9.88 Å². The smallest absolute Gasteiger partial charge is 0.183 e. The molecule has 0 bridgehead atoms. The molecule has 1 aliphatic rings. The lowest BCUT2D eigenvalue weighted by molar-refractivity contribution is 0.936. The van der Waals surface area contributed by atoms with Crippen LogP contribution in [0, 0.1) is 0 Å². The summed E-state index contributed by atoms with van der Waals surface area (Å²) in [6.45, 7) is 2.14. The van der Waals surface area contributed by atoms with Gasteiger partial charge in [0.1, 0.15) is 5.82 Å². The Morgan fingerprint density at radius 2 is 2.08 bits per heavy atom. The van der Waals surface area contributed by atoms with Crippen LogP contribution >= 0.6 is 0 Å². The van der Waals surface area contributed by atoms with E-state index in [9.17, 15) is 4.79 Å². The van der Waals surface area contributed by atoms with E-state index in [1.165, 1.54) is 12.8 Å². The highest BCUT2D eigenvalue weighted by molar-refractivity contribution is 5.38. The maximum Gasteiger partial charge on any atom is 0.183 e. The minimum absolute atomic E-state index is 0.0793. The van der Waals surface area contributed by atoms with Crippen LogP contribution in [0.5, 0.6) is 0 Å². The number of aromatic nitrogens is 1. The summed E-state index contributed by atoms with van der Waals surface area (Å²) >= 11 is 0. The second-order valence-corrected chi connectivity index (χ2v) is 3.10. The molecular formula is C9H12N2O. The fourth-order valence-electron chi connectivity index (χ4n) is 1.57. The van der Waals surface area contributed by atoms with Crippen LogP contribution in [0.1, 0.15) is 12.8 Å². The van der Waals surface area contributed by atoms with Crippen molar-refractivity contribution < 1.29 is 0 Å². The first-order valence-electron chi connectivity index (χ1n) is 4.30. The molecule has 2 rings (SSSR count). The Morgan fingerprint density at radius 1 is 1.33 bits per heavy atom. The average Bonchev–Trinajstić information content (AvgIpc) is 2.56. The highest BCUT2D eigenvalue weighted by atomic mass is 16.1. The molecule has 1 saturated heterocycles. The molecule has 0 amide bonds. The molecule has 64 valence electrons. The SMILES string of the molecule is O=c1cc[nH]c(N2CCCC2)c1. The maximum absolute atomic E-state index is 11.0. The van der Waals surface area contributed by atoms with E-state index >= 15 is 0 Å². The predicted molar refractivity (Wildman–Crippen MR) is 48.5 cm³/mol. The van der Waals surface area contributed by atoms with Gasteiger partial charge in [-0.1, -0.05) is 0 Å². The van der Waals surface area contributed by atoms with Crippen molar-refractivity contribution in [3.63, 3.8) is 0 Å². The van der Waals surface area contributed by atoms with Gasteiger partial charge in [0.2, 0.25) is 0 Å². The van der Waals surface area contributed by atoms with Crippen LogP contribution < -0.4 is 10.3 Å². The predicted octanol–water partition coefficient (Wildman–Crippen LogP) is 0.975. The molecule has 0 spiro atoms. The number of pyridine rings is 1. The normalized spacial score (nSPS) is 16.8. The van der Waals surface area contributed by atoms with Crippen molar-refractivity contribution in [2.75, 3.05) is 18.0 Å². The third kappa shape index (κ3) is 1.35. The first-order chi connectivity index (χ1) is 5.86. The van der Waals surface area contributed by atoms with Gasteiger partial charge in [0.15, 0.2) is 5.43 Å². The molecule has 1 aromatic heterocycles. The van der Waals surface area contributed by atoms with Gasteiger partial charge in [-0.25, -0.2) is 0 Å². The van der Waals surface area contributed by atoms with Gasteiger partial charge in [-0.2, -0.15) is 0 Å². The van der Waals surface area contributed by atoms with Crippen LogP contribution in [0.15, 0.2) is 23.1 Å². The summed E-state index contributed by atoms with van der Waals surface area (Å²) in [6.07, 6.45) is 4.17. The summed E-state index contributed by atoms with van der Waals surface area (Å²) in [5.41, 5.74) is 0.0793. The van der Waals surface area contributed by atoms with Crippen molar-refractivity contribution in [3.05, 3.63) is 28.6 Å². The van der Waals surface area contributed by atoms with E-state index in [0.29, 0.717) is 0 Å². The van der Waals surface area contributed by atoms with E-state index in [2.05, 4.69) is 9.88 Å². The highest BCUT2D eigenvalue weighted by Crippen LogP contribution is 2.14. The van der Waals surface area contributed by atoms with Gasteiger partial charge in [0.05, 0.1) is 0 Å². The van der Waals surface area contributed by atoms with Crippen molar-refractivity contribution in [2.24, 2.45) is 0 Å². The molecule has 0 saturated carbocycles. The molecular weight excluding hydrogens is 152 g/mol. The van der Waals surface area contributed by atoms with Crippen LogP contribution in [0.4, 0.5) is 5.82 Å². The fourth-order valence-corrected chi connectivity index (χ4v) is 1.57. The number of nitrogens with zero attached hydrogens (tertiary/aromatic N) is 1. The number of hydrogen-bond acceptors (Lipinski definition) is 2. The third-order valence-electron chi connectivity index (χ3n) is 2.20. The Morgan fingerprint density at radius 3 is 2.75 bits per heavy atom. The highest BCUT2D eigenvalue weighted by Gasteiger charge is 2.11. The Hall–Kier alpha value is -1.25. The lowest BCUT2D eigenvalue weighted by Crippen LogP contribution is -2.20. The molecule has 0 aromatic carbocycles. The van der Waals surface area contributed by atoms with Crippen molar-refractivity contribution >= 4 is 5.82 Å². The van der Waals surface area contributed by atoms with E-state index in [1.54, 1.807) is 18.3 Å². The molecule has 0 radical (unpaired) electrons. The Labute approximate surface area is 71.0 Å². The quantitative estimate of drug-likeness (QED) is 0.671. The lowest BCUT2D eigenvalue weighted by Gasteiger charge is -2.15. The summed E-state index contributed by atoms with van der Waals surface area (Å²) < 4.78 is 0. The molecule has 1 aromatic rings. The van der Waals surface area contributed by atoms with Crippen LogP contribution in [0.2, 0.25) is 0 Å². The standard InChI is InChI=1S/C9H12N2O/c12-8-3-4-10-9(7-8)11-5-1-2-6-11/h3-4,7H,1-2,5-6H2,(H,10,12). The largest absolute Gasteiger partial charge is 0.358 e. The first kappa shape index (κ1) is 7.40. The van der Waals surface area contributed by atoms with E-state index in [4.69, 9.17) is 0 Å². The molecule has 3 nitrogen and oxygen atoms in total. The van der Waals surface area contributed by atoms with Gasteiger partial charge in [-0.15, -0.1) is 0 Å². The van der Waals surface area contributed by atoms with Gasteiger partial charge in [0, 0.05) is 31.4 Å². The van der Waals surface area contributed by atoms with Crippen LogP contribution in [0.25, 0.3) is 0 Å². The Bertz CT molecular complexity index is 312. The zero-order valence-electron chi connectivity index (χ0n) is 6.92. The Kier molecular flexibility index (Phi) is 1.86. The number of anilines is 1. The van der Waals surface area contributed by atoms with Gasteiger partial charge in [-0.05, 0) is 12.8 Å². The van der Waals surface area contributed by atoms with Crippen molar-refractivity contribution in [3.8, 4) is 0 Å². The van der Waals surface area contributed by atoms with Crippen molar-refractivity contribution in [1.29, 1.82) is 0 Å². The maximum atomic E-state index is 11.0. The van der Waals surface area contributed by atoms with Crippen LogP contribution in [0.3, 0.4) is 0 Å². The lowest BCUT2D eigenvalue weighted by atomic mass is 10.4. The molecule has 1 fully saturated rings. The second kappa shape index (κ2) is 3.01. The zero-order chi connectivity index (χ0) is 8.39. The monoisotopic (exact) mass is 164 g/mol. The number of rotatable bonds is 1. The van der Waals surface area contributed by atoms with E-state index < -0.39 is 0 Å². The zero-order valence-corrected chi connectivity index (χ0v) is 6.92. The summed E-state index contributed by atoms with van der Waals surface area (Å²) in [6, 6.07) is 3.20. The molecule has 0 unspecified atom stereocenters.